The number of carbonyl (C=O) groups excluding carboxylic acids is 2. The minimum atomic E-state index is -4.62. The summed E-state index contributed by atoms with van der Waals surface area (Å²) in [5.74, 6) is -0.358. The number of aromatic amines is 1. The Kier molecular flexibility index (Phi) is 8.13. The van der Waals surface area contributed by atoms with Gasteiger partial charge in [0, 0.05) is 30.4 Å². The zero-order valence-corrected chi connectivity index (χ0v) is 25.3. The molecule has 0 bridgehead atoms. The minimum absolute atomic E-state index is 0.0994. The van der Waals surface area contributed by atoms with E-state index in [1.165, 1.54) is 22.3 Å². The molecule has 1 aliphatic heterocycles. The Morgan fingerprint density at radius 1 is 1.13 bits per heavy atom. The summed E-state index contributed by atoms with van der Waals surface area (Å²) in [7, 11) is 1.76. The van der Waals surface area contributed by atoms with E-state index in [0.29, 0.717) is 42.0 Å². The predicted octanol–water partition coefficient (Wildman–Crippen LogP) is 5.21. The number of aliphatic hydroxyl groups excluding tert-OH is 1. The van der Waals surface area contributed by atoms with Gasteiger partial charge in [-0.15, -0.1) is 11.3 Å². The van der Waals surface area contributed by atoms with E-state index < -0.39 is 34.7 Å². The zero-order valence-electron chi connectivity index (χ0n) is 24.4. The summed E-state index contributed by atoms with van der Waals surface area (Å²) in [5.41, 5.74) is 0.418. The maximum atomic E-state index is 13.4. The number of thiophene rings is 1. The Balaban J connectivity index is 1.20. The molecule has 234 valence electrons. The number of aromatic nitrogens is 2. The highest BCUT2D eigenvalue weighted by molar-refractivity contribution is 7.10. The highest BCUT2D eigenvalue weighted by Gasteiger charge is 2.50. The maximum absolute atomic E-state index is 13.4. The Morgan fingerprint density at radius 3 is 2.60 bits per heavy atom. The molecule has 8 nitrogen and oxygen atoms in total. The second-order valence-electron chi connectivity index (χ2n) is 11.7. The van der Waals surface area contributed by atoms with Gasteiger partial charge in [-0.1, -0.05) is 42.5 Å². The Bertz CT molecular complexity index is 1800. The molecule has 2 aromatic heterocycles. The smallest absolute Gasteiger partial charge is 0.378 e. The lowest BCUT2D eigenvalue weighted by Gasteiger charge is -2.24. The monoisotopic (exact) mass is 636 g/mol. The van der Waals surface area contributed by atoms with Crippen LogP contribution in [-0.2, 0) is 35.9 Å². The summed E-state index contributed by atoms with van der Waals surface area (Å²) < 4.78 is 39.6. The Hall–Kier alpha value is -4.29. The molecule has 0 saturated heterocycles. The van der Waals surface area contributed by atoms with Gasteiger partial charge in [0.15, 0.2) is 6.10 Å². The van der Waals surface area contributed by atoms with Gasteiger partial charge in [-0.3, -0.25) is 14.4 Å². The van der Waals surface area contributed by atoms with E-state index >= 15 is 0 Å². The largest absolute Gasteiger partial charge is 0.416 e. The van der Waals surface area contributed by atoms with Crippen LogP contribution in [0.25, 0.3) is 0 Å². The van der Waals surface area contributed by atoms with Crippen LogP contribution in [0.1, 0.15) is 74.4 Å². The first-order valence-electron chi connectivity index (χ1n) is 14.6. The van der Waals surface area contributed by atoms with Crippen molar-refractivity contribution in [1.82, 2.24) is 19.8 Å². The first-order valence-corrected chi connectivity index (χ1v) is 15.5. The normalized spacial score (nSPS) is 16.4. The van der Waals surface area contributed by atoms with E-state index in [1.807, 2.05) is 41.8 Å². The molecule has 4 aromatic rings. The third-order valence-corrected chi connectivity index (χ3v) is 9.63. The summed E-state index contributed by atoms with van der Waals surface area (Å²) in [4.78, 5) is 51.5. The van der Waals surface area contributed by atoms with Gasteiger partial charge in [0.05, 0.1) is 34.3 Å². The molecule has 2 N–H and O–H groups in total. The standard InChI is InChI=1S/C33H31F3N4O4S/c1-39(17-20-7-3-2-4-8-20)29(43)22-16-26(45-19-22)32(12-13-32)31-37-25-11-6-14-40(18-24(25)28(42)38-31)30(44)27(41)21-9-5-10-23(15-21)33(34,35)36/h2-5,7-10,15-16,19,27,41H,6,11-14,17-18H2,1H3,(H,37,38,42)/t27-/m1/s1. The molecule has 45 heavy (non-hydrogen) atoms. The molecule has 6 rings (SSSR count). The van der Waals surface area contributed by atoms with Crippen molar-refractivity contribution in [3.8, 4) is 0 Å². The first kappa shape index (κ1) is 30.7. The number of nitrogens with one attached hydrogen (secondary N) is 1. The molecule has 2 aliphatic rings. The van der Waals surface area contributed by atoms with Crippen LogP contribution in [0, 0.1) is 0 Å². The van der Waals surface area contributed by atoms with E-state index in [0.717, 1.165) is 41.5 Å². The van der Waals surface area contributed by atoms with Crippen LogP contribution in [0.5, 0.6) is 0 Å². The maximum Gasteiger partial charge on any atom is 0.416 e. The number of H-pyrrole nitrogens is 1. The fraction of sp³-hybridized carbons (Fsp3) is 0.333. The highest BCUT2D eigenvalue weighted by atomic mass is 32.1. The average molecular weight is 637 g/mol. The molecule has 0 unspecified atom stereocenters. The van der Waals surface area contributed by atoms with E-state index in [9.17, 15) is 32.7 Å². The van der Waals surface area contributed by atoms with Crippen LogP contribution in [-0.4, -0.2) is 50.3 Å². The number of aryl methyl sites for hydroxylation is 1. The number of benzene rings is 2. The third-order valence-electron chi connectivity index (χ3n) is 8.50. The quantitative estimate of drug-likeness (QED) is 0.290. The number of hydrogen-bond donors (Lipinski definition) is 2. The molecule has 1 aliphatic carbocycles. The summed E-state index contributed by atoms with van der Waals surface area (Å²) in [5, 5.41) is 12.5. The van der Waals surface area contributed by atoms with E-state index in [1.54, 1.807) is 11.9 Å². The highest BCUT2D eigenvalue weighted by Crippen LogP contribution is 2.54. The number of halogens is 3. The summed E-state index contributed by atoms with van der Waals surface area (Å²) in [6.45, 7) is 0.565. The van der Waals surface area contributed by atoms with Gasteiger partial charge in [-0.2, -0.15) is 13.2 Å². The number of nitrogens with zero attached hydrogens (tertiary/aromatic N) is 3. The summed E-state index contributed by atoms with van der Waals surface area (Å²) in [6, 6.07) is 15.6. The molecule has 0 radical (unpaired) electrons. The van der Waals surface area contributed by atoms with Crippen molar-refractivity contribution in [3.63, 3.8) is 0 Å². The number of fused-ring (bicyclic) bond motifs is 1. The van der Waals surface area contributed by atoms with Crippen LogP contribution < -0.4 is 5.56 Å². The van der Waals surface area contributed by atoms with Gasteiger partial charge in [-0.25, -0.2) is 4.98 Å². The molecule has 12 heteroatoms. The molecule has 2 aromatic carbocycles. The van der Waals surface area contributed by atoms with Crippen molar-refractivity contribution in [2.24, 2.45) is 0 Å². The number of alkyl halides is 3. The van der Waals surface area contributed by atoms with Gasteiger partial charge in [0.1, 0.15) is 5.82 Å². The lowest BCUT2D eigenvalue weighted by molar-refractivity contribution is -0.142. The predicted molar refractivity (Wildman–Crippen MR) is 162 cm³/mol. The van der Waals surface area contributed by atoms with E-state index in [2.05, 4.69) is 4.98 Å². The van der Waals surface area contributed by atoms with Crippen molar-refractivity contribution in [2.45, 2.75) is 56.5 Å². The van der Waals surface area contributed by atoms with Crippen LogP contribution in [0.2, 0.25) is 0 Å². The van der Waals surface area contributed by atoms with Gasteiger partial charge in [-0.05, 0) is 55.0 Å². The van der Waals surface area contributed by atoms with Gasteiger partial charge in [0.2, 0.25) is 0 Å². The van der Waals surface area contributed by atoms with Crippen molar-refractivity contribution >= 4 is 23.2 Å². The number of rotatable bonds is 7. The van der Waals surface area contributed by atoms with Crippen molar-refractivity contribution in [2.75, 3.05) is 13.6 Å². The van der Waals surface area contributed by atoms with Crippen molar-refractivity contribution in [1.29, 1.82) is 0 Å². The van der Waals surface area contributed by atoms with Crippen LogP contribution in [0.3, 0.4) is 0 Å². The molecule has 0 spiro atoms. The van der Waals surface area contributed by atoms with Gasteiger partial charge in [0.25, 0.3) is 17.4 Å². The lowest BCUT2D eigenvalue weighted by atomic mass is 10.0. The van der Waals surface area contributed by atoms with E-state index in [-0.39, 0.29) is 24.6 Å². The van der Waals surface area contributed by atoms with Crippen molar-refractivity contribution in [3.05, 3.63) is 121 Å². The molecule has 1 fully saturated rings. The molecule has 1 saturated carbocycles. The van der Waals surface area contributed by atoms with Crippen LogP contribution >= 0.6 is 11.3 Å². The Labute approximate surface area is 261 Å². The molecular weight excluding hydrogens is 605 g/mol. The summed E-state index contributed by atoms with van der Waals surface area (Å²) >= 11 is 1.46. The number of hydrogen-bond acceptors (Lipinski definition) is 6. The number of carbonyl (C=O) groups is 2. The molecular formula is C33H31F3N4O4S. The topological polar surface area (TPSA) is 107 Å². The SMILES string of the molecule is CN(Cc1ccccc1)C(=O)c1csc(C2(c3nc4c(c(=O)[nH]3)CN(C(=O)[C@H](O)c3cccc(C(F)(F)F)c3)CCC4)CC2)c1. The third kappa shape index (κ3) is 6.16. The van der Waals surface area contributed by atoms with Gasteiger partial charge < -0.3 is 19.9 Å². The van der Waals surface area contributed by atoms with Crippen LogP contribution in [0.4, 0.5) is 13.2 Å². The fourth-order valence-corrected chi connectivity index (χ4v) is 6.95. The summed E-state index contributed by atoms with van der Waals surface area (Å²) in [6.07, 6.45) is -4.02. The lowest BCUT2D eigenvalue weighted by Crippen LogP contribution is -2.36. The fourth-order valence-electron chi connectivity index (χ4n) is 5.81. The van der Waals surface area contributed by atoms with Crippen LogP contribution in [0.15, 0.2) is 70.8 Å². The number of aliphatic hydroxyl groups is 1. The zero-order chi connectivity index (χ0) is 31.9. The second kappa shape index (κ2) is 11.9. The van der Waals surface area contributed by atoms with Crippen molar-refractivity contribution < 1.29 is 27.9 Å². The molecule has 2 amide bonds. The minimum Gasteiger partial charge on any atom is -0.378 e. The number of amides is 2. The molecule has 3 heterocycles. The second-order valence-corrected chi connectivity index (χ2v) is 12.6. The first-order chi connectivity index (χ1) is 21.5. The average Bonchev–Trinajstić information content (AvgIpc) is 3.74. The molecule has 1 atom stereocenters. The Morgan fingerprint density at radius 2 is 1.89 bits per heavy atom. The van der Waals surface area contributed by atoms with E-state index in [4.69, 9.17) is 4.98 Å². The van der Waals surface area contributed by atoms with Gasteiger partial charge >= 0.3 is 6.18 Å².